The average molecular weight is 393 g/mol. The largest absolute Gasteiger partial charge is 0.347 e. The van der Waals surface area contributed by atoms with Gasteiger partial charge >= 0.3 is 6.03 Å². The first-order valence-electron chi connectivity index (χ1n) is 10.1. The molecular weight excluding hydrogens is 370 g/mol. The van der Waals surface area contributed by atoms with Gasteiger partial charge in [0.05, 0.1) is 24.3 Å². The summed E-state index contributed by atoms with van der Waals surface area (Å²) in [4.78, 5) is 31.0. The minimum atomic E-state index is -0.350. The van der Waals surface area contributed by atoms with Crippen molar-refractivity contribution in [3.63, 3.8) is 0 Å². The fourth-order valence-corrected chi connectivity index (χ4v) is 4.16. The topological polar surface area (TPSA) is 113 Å². The molecule has 0 aromatic carbocycles. The molecule has 0 radical (unpaired) electrons. The summed E-state index contributed by atoms with van der Waals surface area (Å²) >= 11 is 0. The molecule has 0 saturated heterocycles. The Labute approximate surface area is 167 Å². The van der Waals surface area contributed by atoms with Crippen LogP contribution in [0.15, 0.2) is 35.4 Å². The van der Waals surface area contributed by atoms with Crippen molar-refractivity contribution in [3.05, 3.63) is 48.1 Å². The maximum atomic E-state index is 13.1. The first kappa shape index (κ1) is 17.8. The number of amides is 2. The predicted octanol–water partition coefficient (Wildman–Crippen LogP) is 3.00. The second-order valence-electron chi connectivity index (χ2n) is 7.65. The first-order valence-corrected chi connectivity index (χ1v) is 10.1. The fourth-order valence-electron chi connectivity index (χ4n) is 4.16. The lowest BCUT2D eigenvalue weighted by Crippen LogP contribution is -2.48. The molecule has 1 aliphatic heterocycles. The molecule has 29 heavy (non-hydrogen) atoms. The summed E-state index contributed by atoms with van der Waals surface area (Å²) in [6, 6.07) is 3.45. The van der Waals surface area contributed by atoms with E-state index in [2.05, 4.69) is 30.4 Å². The number of hydrogen-bond acceptors (Lipinski definition) is 6. The number of imidazole rings is 1. The molecule has 4 heterocycles. The van der Waals surface area contributed by atoms with Gasteiger partial charge in [0.25, 0.3) is 0 Å². The minimum Gasteiger partial charge on any atom is -0.347 e. The van der Waals surface area contributed by atoms with E-state index < -0.39 is 0 Å². The maximum absolute atomic E-state index is 13.1. The van der Waals surface area contributed by atoms with Crippen molar-refractivity contribution in [2.24, 2.45) is 0 Å². The monoisotopic (exact) mass is 393 g/mol. The van der Waals surface area contributed by atoms with Crippen LogP contribution in [-0.4, -0.2) is 42.1 Å². The lowest BCUT2D eigenvalue weighted by molar-refractivity contribution is 0.138. The molecule has 2 N–H and O–H groups in total. The molecule has 3 aromatic heterocycles. The van der Waals surface area contributed by atoms with Crippen molar-refractivity contribution in [1.29, 1.82) is 0 Å². The number of hydrogen-bond donors (Lipinski definition) is 2. The van der Waals surface area contributed by atoms with Crippen molar-refractivity contribution < 1.29 is 9.32 Å². The molecule has 3 aromatic rings. The number of fused-ring (bicyclic) bond motifs is 1. The highest BCUT2D eigenvalue weighted by atomic mass is 16.5. The van der Waals surface area contributed by atoms with E-state index in [0.717, 1.165) is 42.6 Å². The van der Waals surface area contributed by atoms with Gasteiger partial charge in [-0.25, -0.2) is 9.78 Å². The van der Waals surface area contributed by atoms with Gasteiger partial charge in [-0.15, -0.1) is 0 Å². The quantitative estimate of drug-likeness (QED) is 0.707. The molecule has 1 aliphatic carbocycles. The van der Waals surface area contributed by atoms with Crippen LogP contribution in [0.1, 0.15) is 55.4 Å². The molecule has 9 heteroatoms. The highest BCUT2D eigenvalue weighted by Gasteiger charge is 2.36. The molecule has 1 unspecified atom stereocenters. The number of nitrogens with zero attached hydrogens (tertiary/aromatic N) is 5. The highest BCUT2D eigenvalue weighted by molar-refractivity contribution is 5.75. The van der Waals surface area contributed by atoms with E-state index >= 15 is 0 Å². The number of nitrogens with one attached hydrogen (secondary N) is 2. The lowest BCUT2D eigenvalue weighted by atomic mass is 9.95. The van der Waals surface area contributed by atoms with E-state index in [1.54, 1.807) is 23.6 Å². The van der Waals surface area contributed by atoms with E-state index in [-0.39, 0.29) is 18.1 Å². The van der Waals surface area contributed by atoms with Crippen LogP contribution in [-0.2, 0) is 13.0 Å². The number of pyridine rings is 1. The molecule has 2 aliphatic rings. The fraction of sp³-hybridized carbons (Fsp3) is 0.450. The van der Waals surface area contributed by atoms with E-state index in [4.69, 9.17) is 4.52 Å². The summed E-state index contributed by atoms with van der Waals surface area (Å²) in [7, 11) is 0. The lowest BCUT2D eigenvalue weighted by Gasteiger charge is -2.34. The molecule has 5 rings (SSSR count). The molecule has 1 atom stereocenters. The minimum absolute atomic E-state index is 0.0918. The molecule has 150 valence electrons. The van der Waals surface area contributed by atoms with Gasteiger partial charge in [0.15, 0.2) is 0 Å². The van der Waals surface area contributed by atoms with Gasteiger partial charge in [-0.2, -0.15) is 4.98 Å². The summed E-state index contributed by atoms with van der Waals surface area (Å²) in [5, 5.41) is 7.32. The number of H-pyrrole nitrogens is 1. The van der Waals surface area contributed by atoms with E-state index in [9.17, 15) is 4.79 Å². The standard InChI is InChI=1S/C20H23N7O2/c28-20(24-14-4-2-1-3-5-14)27-11-16-15(22-12-23-16)10-17(27)19-25-18(26-29-19)13-6-8-21-9-7-13/h6-9,12,14,17H,1-5,10-11H2,(H,22,23)(H,24,28). The predicted molar refractivity (Wildman–Crippen MR) is 104 cm³/mol. The number of aromatic nitrogens is 5. The zero-order valence-electron chi connectivity index (χ0n) is 16.0. The van der Waals surface area contributed by atoms with E-state index in [0.29, 0.717) is 24.7 Å². The SMILES string of the molecule is O=C(NC1CCCCC1)N1Cc2[nH]cnc2CC1c1nc(-c2ccncc2)no1. The molecule has 9 nitrogen and oxygen atoms in total. The number of urea groups is 1. The van der Waals surface area contributed by atoms with Crippen molar-refractivity contribution in [2.75, 3.05) is 0 Å². The zero-order chi connectivity index (χ0) is 19.6. The summed E-state index contributed by atoms with van der Waals surface area (Å²) in [6.07, 6.45) is 11.2. The van der Waals surface area contributed by atoms with Gasteiger partial charge < -0.3 is 19.7 Å². The summed E-state index contributed by atoms with van der Waals surface area (Å²) < 4.78 is 5.58. The summed E-state index contributed by atoms with van der Waals surface area (Å²) in [6.45, 7) is 0.436. The normalized spacial score (nSPS) is 19.7. The molecule has 1 saturated carbocycles. The average Bonchev–Trinajstić information content (AvgIpc) is 3.43. The van der Waals surface area contributed by atoms with E-state index in [1.807, 2.05) is 12.1 Å². The van der Waals surface area contributed by atoms with Crippen LogP contribution in [0.4, 0.5) is 4.79 Å². The number of aromatic amines is 1. The Kier molecular flexibility index (Phi) is 4.71. The third-order valence-corrected chi connectivity index (χ3v) is 5.76. The summed E-state index contributed by atoms with van der Waals surface area (Å²) in [5.74, 6) is 0.909. The zero-order valence-corrected chi connectivity index (χ0v) is 16.0. The van der Waals surface area contributed by atoms with Crippen LogP contribution in [0.3, 0.4) is 0 Å². The van der Waals surface area contributed by atoms with Gasteiger partial charge in [0, 0.05) is 30.4 Å². The van der Waals surface area contributed by atoms with Crippen LogP contribution < -0.4 is 5.32 Å². The number of carbonyl (C=O) groups excluding carboxylic acids is 1. The Balaban J connectivity index is 1.41. The van der Waals surface area contributed by atoms with Crippen LogP contribution in [0.25, 0.3) is 11.4 Å². The second kappa shape index (κ2) is 7.65. The molecule has 2 amide bonds. The Hall–Kier alpha value is -3.23. The maximum Gasteiger partial charge on any atom is 0.318 e. The highest BCUT2D eigenvalue weighted by Crippen LogP contribution is 2.32. The second-order valence-corrected chi connectivity index (χ2v) is 7.65. The number of carbonyl (C=O) groups is 1. The van der Waals surface area contributed by atoms with Gasteiger partial charge in [-0.1, -0.05) is 24.4 Å². The third kappa shape index (κ3) is 3.59. The van der Waals surface area contributed by atoms with Gasteiger partial charge in [0.1, 0.15) is 6.04 Å². The van der Waals surface area contributed by atoms with Crippen molar-refractivity contribution >= 4 is 6.03 Å². The first-order chi connectivity index (χ1) is 14.3. The Morgan fingerprint density at radius 1 is 1.21 bits per heavy atom. The molecule has 0 spiro atoms. The van der Waals surface area contributed by atoms with Crippen molar-refractivity contribution in [3.8, 4) is 11.4 Å². The van der Waals surface area contributed by atoms with Gasteiger partial charge in [-0.05, 0) is 25.0 Å². The van der Waals surface area contributed by atoms with Crippen molar-refractivity contribution in [1.82, 2.24) is 35.3 Å². The van der Waals surface area contributed by atoms with E-state index in [1.165, 1.54) is 6.42 Å². The smallest absolute Gasteiger partial charge is 0.318 e. The van der Waals surface area contributed by atoms with Gasteiger partial charge in [0.2, 0.25) is 11.7 Å². The van der Waals surface area contributed by atoms with Crippen molar-refractivity contribution in [2.45, 2.75) is 57.2 Å². The van der Waals surface area contributed by atoms with Crippen LogP contribution in [0.5, 0.6) is 0 Å². The summed E-state index contributed by atoms with van der Waals surface area (Å²) in [5.41, 5.74) is 2.71. The van der Waals surface area contributed by atoms with Crippen LogP contribution in [0.2, 0.25) is 0 Å². The Bertz CT molecular complexity index is 978. The molecule has 1 fully saturated rings. The van der Waals surface area contributed by atoms with Gasteiger partial charge in [-0.3, -0.25) is 4.98 Å². The molecular formula is C20H23N7O2. The third-order valence-electron chi connectivity index (χ3n) is 5.76. The van der Waals surface area contributed by atoms with Crippen LogP contribution >= 0.6 is 0 Å². The Morgan fingerprint density at radius 2 is 2.03 bits per heavy atom. The Morgan fingerprint density at radius 3 is 2.86 bits per heavy atom. The van der Waals surface area contributed by atoms with Crippen LogP contribution in [0, 0.1) is 0 Å². The molecule has 0 bridgehead atoms. The number of rotatable bonds is 3.